The van der Waals surface area contributed by atoms with Gasteiger partial charge in [-0.2, -0.15) is 5.26 Å². The van der Waals surface area contributed by atoms with Gasteiger partial charge in [-0.15, -0.1) is 0 Å². The van der Waals surface area contributed by atoms with Gasteiger partial charge in [-0.1, -0.05) is 37.1 Å². The van der Waals surface area contributed by atoms with Crippen molar-refractivity contribution in [3.63, 3.8) is 0 Å². The zero-order valence-electron chi connectivity index (χ0n) is 18.2. The minimum absolute atomic E-state index is 0.0984. The second-order valence-corrected chi connectivity index (χ2v) is 8.84. The molecule has 162 valence electrons. The Balaban J connectivity index is 1.70. The number of hydrogen-bond acceptors (Lipinski definition) is 5. The lowest BCUT2D eigenvalue weighted by atomic mass is 9.91. The summed E-state index contributed by atoms with van der Waals surface area (Å²) in [4.78, 5) is 20.5. The lowest BCUT2D eigenvalue weighted by molar-refractivity contribution is 0.0735. The molecule has 1 fully saturated rings. The molecule has 1 saturated carbocycles. The van der Waals surface area contributed by atoms with Crippen molar-refractivity contribution in [2.45, 2.75) is 44.2 Å². The highest BCUT2D eigenvalue weighted by Gasteiger charge is 2.27. The molecule has 1 aliphatic carbocycles. The minimum Gasteiger partial charge on any atom is -0.391 e. The van der Waals surface area contributed by atoms with Crippen LogP contribution in [0, 0.1) is 11.3 Å². The molecule has 1 N–H and O–H groups in total. The van der Waals surface area contributed by atoms with E-state index in [1.54, 1.807) is 17.0 Å². The van der Waals surface area contributed by atoms with Crippen molar-refractivity contribution < 1.29 is 5.11 Å². The first kappa shape index (κ1) is 20.5. The summed E-state index contributed by atoms with van der Waals surface area (Å²) in [7, 11) is 2.01. The third kappa shape index (κ3) is 3.49. The summed E-state index contributed by atoms with van der Waals surface area (Å²) in [6, 6.07) is 11.5. The highest BCUT2D eigenvalue weighted by Crippen LogP contribution is 2.36. The third-order valence-corrected chi connectivity index (χ3v) is 6.72. The number of fused-ring (bicyclic) bond motifs is 3. The first-order valence-electron chi connectivity index (χ1n) is 11.2. The van der Waals surface area contributed by atoms with E-state index >= 15 is 0 Å². The molecule has 3 aromatic rings. The van der Waals surface area contributed by atoms with Crippen LogP contribution in [0.1, 0.15) is 54.0 Å². The lowest BCUT2D eigenvalue weighted by Gasteiger charge is -2.30. The van der Waals surface area contributed by atoms with E-state index in [1.807, 2.05) is 31.3 Å². The van der Waals surface area contributed by atoms with E-state index in [9.17, 15) is 15.2 Å². The van der Waals surface area contributed by atoms with E-state index in [-0.39, 0.29) is 11.6 Å². The topological polar surface area (TPSA) is 82.2 Å². The van der Waals surface area contributed by atoms with Gasteiger partial charge in [0.2, 0.25) is 0 Å². The summed E-state index contributed by atoms with van der Waals surface area (Å²) in [5, 5.41) is 20.4. The van der Waals surface area contributed by atoms with Crippen molar-refractivity contribution >= 4 is 22.7 Å². The fraction of sp³-hybridized carbons (Fsp3) is 0.346. The smallest absolute Gasteiger partial charge is 0.261 e. The van der Waals surface area contributed by atoms with Crippen LogP contribution in [-0.2, 0) is 6.42 Å². The minimum atomic E-state index is -0.517. The Morgan fingerprint density at radius 1 is 1.25 bits per heavy atom. The summed E-state index contributed by atoms with van der Waals surface area (Å²) in [6.45, 7) is 0.752. The number of benzene rings is 2. The van der Waals surface area contributed by atoms with Gasteiger partial charge in [-0.05, 0) is 48.6 Å². The van der Waals surface area contributed by atoms with Gasteiger partial charge in [-0.25, -0.2) is 4.98 Å². The van der Waals surface area contributed by atoms with Gasteiger partial charge in [0.1, 0.15) is 5.52 Å². The molecule has 2 aromatic carbocycles. The lowest BCUT2D eigenvalue weighted by Crippen LogP contribution is -2.35. The van der Waals surface area contributed by atoms with Gasteiger partial charge in [0.15, 0.2) is 0 Å². The second kappa shape index (κ2) is 8.25. The first-order valence-corrected chi connectivity index (χ1v) is 11.2. The van der Waals surface area contributed by atoms with Crippen molar-refractivity contribution in [2.24, 2.45) is 0 Å². The average Bonchev–Trinajstić information content (AvgIpc) is 2.81. The first-order chi connectivity index (χ1) is 15.6. The quantitative estimate of drug-likeness (QED) is 0.689. The van der Waals surface area contributed by atoms with E-state index < -0.39 is 6.10 Å². The normalized spacial score (nSPS) is 20.2. The average molecular weight is 427 g/mol. The van der Waals surface area contributed by atoms with Crippen LogP contribution in [-0.4, -0.2) is 34.4 Å². The number of nitriles is 1. The molecule has 1 aliphatic heterocycles. The molecule has 0 saturated heterocycles. The summed E-state index contributed by atoms with van der Waals surface area (Å²) < 4.78 is 1.64. The zero-order valence-corrected chi connectivity index (χ0v) is 18.2. The molecular formula is C26H26N4O2. The SMILES string of the molecule is CN1CC=Cc2c(Cc3cccc(C#N)c3)cc3c(=O)n([C@H]4CCCC[C@@H]4O)cnc3c21. The standard InChI is InChI=1S/C26H26N4O2/c1-29-11-5-8-20-19(13-17-6-4-7-18(12-17)15-27)14-21-24(25(20)29)28-16-30(26(21)32)22-9-2-3-10-23(22)31/h4-8,12,14,16,22-23,31H,2-3,9-11,13H2,1H3/t22-,23-/m0/s1. The number of anilines is 1. The Labute approximate surface area is 187 Å². The van der Waals surface area contributed by atoms with Gasteiger partial charge < -0.3 is 10.0 Å². The summed E-state index contributed by atoms with van der Waals surface area (Å²) in [6.07, 6.45) is 9.44. The van der Waals surface area contributed by atoms with Crippen molar-refractivity contribution in [1.82, 2.24) is 9.55 Å². The summed E-state index contributed by atoms with van der Waals surface area (Å²) in [5.41, 5.74) is 5.32. The number of rotatable bonds is 3. The van der Waals surface area contributed by atoms with Gasteiger partial charge in [0.25, 0.3) is 5.56 Å². The molecule has 2 atom stereocenters. The molecule has 0 unspecified atom stereocenters. The Morgan fingerprint density at radius 2 is 2.09 bits per heavy atom. The van der Waals surface area contributed by atoms with Crippen LogP contribution in [0.25, 0.3) is 17.0 Å². The molecule has 1 aromatic heterocycles. The fourth-order valence-corrected chi connectivity index (χ4v) is 5.09. The maximum absolute atomic E-state index is 13.6. The van der Waals surface area contributed by atoms with Crippen LogP contribution in [0.15, 0.2) is 47.5 Å². The maximum atomic E-state index is 13.6. The molecule has 6 nitrogen and oxygen atoms in total. The Hall–Kier alpha value is -3.43. The summed E-state index contributed by atoms with van der Waals surface area (Å²) >= 11 is 0. The number of hydrogen-bond donors (Lipinski definition) is 1. The maximum Gasteiger partial charge on any atom is 0.261 e. The highest BCUT2D eigenvalue weighted by atomic mass is 16.3. The molecular weight excluding hydrogens is 400 g/mol. The highest BCUT2D eigenvalue weighted by molar-refractivity contribution is 5.97. The number of likely N-dealkylation sites (N-methyl/N-ethyl adjacent to an activating group) is 1. The van der Waals surface area contributed by atoms with Crippen LogP contribution >= 0.6 is 0 Å². The Morgan fingerprint density at radius 3 is 2.91 bits per heavy atom. The summed E-state index contributed by atoms with van der Waals surface area (Å²) in [5.74, 6) is 0. The molecule has 0 bridgehead atoms. The van der Waals surface area contributed by atoms with Crippen LogP contribution in [0.3, 0.4) is 0 Å². The molecule has 2 aliphatic rings. The van der Waals surface area contributed by atoms with Crippen LogP contribution in [0.2, 0.25) is 0 Å². The molecule has 2 heterocycles. The van der Waals surface area contributed by atoms with Gasteiger partial charge in [-0.3, -0.25) is 9.36 Å². The third-order valence-electron chi connectivity index (χ3n) is 6.72. The van der Waals surface area contributed by atoms with E-state index in [0.29, 0.717) is 29.3 Å². The molecule has 32 heavy (non-hydrogen) atoms. The molecule has 0 radical (unpaired) electrons. The van der Waals surface area contributed by atoms with E-state index in [0.717, 1.165) is 48.2 Å². The zero-order chi connectivity index (χ0) is 22.2. The van der Waals surface area contributed by atoms with Crippen molar-refractivity contribution in [3.8, 4) is 6.07 Å². The molecule has 5 rings (SSSR count). The van der Waals surface area contributed by atoms with Gasteiger partial charge in [0, 0.05) is 19.2 Å². The van der Waals surface area contributed by atoms with Crippen molar-refractivity contribution in [3.05, 3.63) is 75.3 Å². The van der Waals surface area contributed by atoms with Crippen molar-refractivity contribution in [1.29, 1.82) is 5.26 Å². The molecule has 0 spiro atoms. The number of aliphatic hydroxyl groups excluding tert-OH is 1. The van der Waals surface area contributed by atoms with Crippen molar-refractivity contribution in [2.75, 3.05) is 18.5 Å². The molecule has 6 heteroatoms. The predicted molar refractivity (Wildman–Crippen MR) is 126 cm³/mol. The number of aromatic nitrogens is 2. The van der Waals surface area contributed by atoms with Crippen LogP contribution < -0.4 is 10.5 Å². The predicted octanol–water partition coefficient (Wildman–Crippen LogP) is 3.80. The van der Waals surface area contributed by atoms with Crippen LogP contribution in [0.5, 0.6) is 0 Å². The Bertz CT molecular complexity index is 1320. The Kier molecular flexibility index (Phi) is 5.28. The van der Waals surface area contributed by atoms with E-state index in [1.165, 1.54) is 0 Å². The largest absolute Gasteiger partial charge is 0.391 e. The monoisotopic (exact) mass is 426 g/mol. The van der Waals surface area contributed by atoms with Gasteiger partial charge >= 0.3 is 0 Å². The van der Waals surface area contributed by atoms with E-state index in [2.05, 4.69) is 23.1 Å². The van der Waals surface area contributed by atoms with Crippen LogP contribution in [0.4, 0.5) is 5.69 Å². The second-order valence-electron chi connectivity index (χ2n) is 8.84. The van der Waals surface area contributed by atoms with Gasteiger partial charge in [0.05, 0.1) is 41.2 Å². The fourth-order valence-electron chi connectivity index (χ4n) is 5.09. The number of aliphatic hydroxyl groups is 1. The number of nitrogens with zero attached hydrogens (tertiary/aromatic N) is 4. The molecule has 0 amide bonds. The van der Waals surface area contributed by atoms with E-state index in [4.69, 9.17) is 4.98 Å².